The Morgan fingerprint density at radius 1 is 1.33 bits per heavy atom. The number of hydrogen-bond donors (Lipinski definition) is 2. The fourth-order valence-electron chi connectivity index (χ4n) is 2.42. The smallest absolute Gasteiger partial charge is 0.327 e. The molecule has 9 nitrogen and oxygen atoms in total. The van der Waals surface area contributed by atoms with Crippen molar-refractivity contribution in [2.75, 3.05) is 11.9 Å². The number of imide groups is 1. The van der Waals surface area contributed by atoms with Crippen LogP contribution in [0, 0.1) is 11.3 Å². The molecular formula is C18H20N4O5. The Kier molecular flexibility index (Phi) is 5.80. The van der Waals surface area contributed by atoms with Gasteiger partial charge in [0, 0.05) is 5.69 Å². The highest BCUT2D eigenvalue weighted by Gasteiger charge is 2.47. The highest BCUT2D eigenvalue weighted by molar-refractivity contribution is 6.08. The number of hydrogen-bond acceptors (Lipinski definition) is 6. The summed E-state index contributed by atoms with van der Waals surface area (Å²) in [5, 5.41) is 13.8. The number of nitriles is 1. The summed E-state index contributed by atoms with van der Waals surface area (Å²) in [6.07, 6.45) is -0.751. The van der Waals surface area contributed by atoms with Crippen LogP contribution in [-0.4, -0.2) is 46.9 Å². The number of carbonyl (C=O) groups excluding carboxylic acids is 4. The number of rotatable bonds is 6. The van der Waals surface area contributed by atoms with Gasteiger partial charge in [0.05, 0.1) is 11.6 Å². The summed E-state index contributed by atoms with van der Waals surface area (Å²) in [6, 6.07) is 7.45. The summed E-state index contributed by atoms with van der Waals surface area (Å²) in [5.41, 5.74) is -0.162. The summed E-state index contributed by atoms with van der Waals surface area (Å²) in [5.74, 6) is -1.97. The summed E-state index contributed by atoms with van der Waals surface area (Å²) in [7, 11) is 0. The highest BCUT2D eigenvalue weighted by atomic mass is 16.5. The van der Waals surface area contributed by atoms with Crippen molar-refractivity contribution in [3.8, 4) is 6.07 Å². The second kappa shape index (κ2) is 7.86. The Hall–Kier alpha value is -3.41. The van der Waals surface area contributed by atoms with Gasteiger partial charge in [0.2, 0.25) is 0 Å². The lowest BCUT2D eigenvalue weighted by atomic mass is 9.99. The van der Waals surface area contributed by atoms with Crippen molar-refractivity contribution in [2.24, 2.45) is 0 Å². The first-order chi connectivity index (χ1) is 12.7. The van der Waals surface area contributed by atoms with E-state index in [0.717, 1.165) is 4.90 Å². The molecule has 2 rings (SSSR count). The van der Waals surface area contributed by atoms with Gasteiger partial charge in [0.15, 0.2) is 6.10 Å². The molecule has 1 fully saturated rings. The third-order valence-corrected chi connectivity index (χ3v) is 4.30. The second-order valence-electron chi connectivity index (χ2n) is 6.32. The maximum atomic E-state index is 12.2. The molecule has 0 spiro atoms. The zero-order valence-corrected chi connectivity index (χ0v) is 15.2. The van der Waals surface area contributed by atoms with Crippen molar-refractivity contribution in [2.45, 2.75) is 38.8 Å². The van der Waals surface area contributed by atoms with E-state index in [1.165, 1.54) is 19.1 Å². The molecular weight excluding hydrogens is 352 g/mol. The minimum atomic E-state index is -1.13. The van der Waals surface area contributed by atoms with Crippen molar-refractivity contribution in [1.82, 2.24) is 10.2 Å². The molecule has 1 aliphatic rings. The molecule has 0 bridgehead atoms. The van der Waals surface area contributed by atoms with Gasteiger partial charge < -0.3 is 15.4 Å². The normalized spacial score (nSPS) is 19.9. The van der Waals surface area contributed by atoms with E-state index >= 15 is 0 Å². The van der Waals surface area contributed by atoms with E-state index in [1.807, 2.05) is 6.07 Å². The summed E-state index contributed by atoms with van der Waals surface area (Å²) in [6.45, 7) is 4.12. The van der Waals surface area contributed by atoms with Gasteiger partial charge in [0.1, 0.15) is 12.1 Å². The first kappa shape index (κ1) is 19.9. The molecule has 2 atom stereocenters. The van der Waals surface area contributed by atoms with Crippen LogP contribution < -0.4 is 10.6 Å². The van der Waals surface area contributed by atoms with Crippen molar-refractivity contribution in [3.05, 3.63) is 29.8 Å². The molecule has 4 amide bonds. The predicted molar refractivity (Wildman–Crippen MR) is 94.3 cm³/mol. The molecule has 0 unspecified atom stereocenters. The Bertz CT molecular complexity index is 814. The average Bonchev–Trinajstić information content (AvgIpc) is 2.86. The zero-order chi connectivity index (χ0) is 20.2. The summed E-state index contributed by atoms with van der Waals surface area (Å²) >= 11 is 0. The van der Waals surface area contributed by atoms with Gasteiger partial charge in [-0.25, -0.2) is 4.79 Å². The van der Waals surface area contributed by atoms with E-state index in [1.54, 1.807) is 26.0 Å². The summed E-state index contributed by atoms with van der Waals surface area (Å²) in [4.78, 5) is 49.0. The van der Waals surface area contributed by atoms with Crippen LogP contribution in [0.1, 0.15) is 32.8 Å². The molecule has 9 heteroatoms. The monoisotopic (exact) mass is 372 g/mol. The Labute approximate surface area is 156 Å². The van der Waals surface area contributed by atoms with Crippen LogP contribution >= 0.6 is 0 Å². The number of urea groups is 1. The number of benzene rings is 1. The fraction of sp³-hybridized carbons (Fsp3) is 0.389. The minimum absolute atomic E-state index is 0.381. The van der Waals surface area contributed by atoms with Crippen LogP contribution in [0.15, 0.2) is 24.3 Å². The number of amides is 4. The van der Waals surface area contributed by atoms with Crippen LogP contribution in [0.5, 0.6) is 0 Å². The van der Waals surface area contributed by atoms with Crippen LogP contribution in [0.4, 0.5) is 10.5 Å². The first-order valence-corrected chi connectivity index (χ1v) is 8.34. The minimum Gasteiger partial charge on any atom is -0.451 e. The highest BCUT2D eigenvalue weighted by Crippen LogP contribution is 2.20. The van der Waals surface area contributed by atoms with Crippen LogP contribution in [0.3, 0.4) is 0 Å². The van der Waals surface area contributed by atoms with Gasteiger partial charge in [-0.1, -0.05) is 6.92 Å². The van der Waals surface area contributed by atoms with E-state index in [9.17, 15) is 19.2 Å². The predicted octanol–water partition coefficient (Wildman–Crippen LogP) is 1.15. The Morgan fingerprint density at radius 3 is 2.48 bits per heavy atom. The first-order valence-electron chi connectivity index (χ1n) is 8.34. The van der Waals surface area contributed by atoms with Gasteiger partial charge in [0.25, 0.3) is 11.8 Å². The molecule has 0 radical (unpaired) electrons. The van der Waals surface area contributed by atoms with Crippen molar-refractivity contribution in [3.63, 3.8) is 0 Å². The van der Waals surface area contributed by atoms with E-state index in [2.05, 4.69) is 10.6 Å². The quantitative estimate of drug-likeness (QED) is 0.569. The lowest BCUT2D eigenvalue weighted by Crippen LogP contribution is -2.44. The molecule has 0 aliphatic carbocycles. The SMILES string of the molecule is CC[C@]1(C)NC(=O)N(CC(=O)O[C@@H](C)C(=O)Nc2ccc(C#N)cc2)C1=O. The van der Waals surface area contributed by atoms with E-state index in [-0.39, 0.29) is 0 Å². The Morgan fingerprint density at radius 2 is 1.96 bits per heavy atom. The molecule has 27 heavy (non-hydrogen) atoms. The molecule has 142 valence electrons. The molecule has 0 saturated carbocycles. The molecule has 1 aromatic rings. The topological polar surface area (TPSA) is 129 Å². The van der Waals surface area contributed by atoms with Gasteiger partial charge in [-0.05, 0) is 44.5 Å². The molecule has 1 saturated heterocycles. The number of carbonyl (C=O) groups is 4. The molecule has 1 aromatic carbocycles. The van der Waals surface area contributed by atoms with Crippen LogP contribution in [0.25, 0.3) is 0 Å². The van der Waals surface area contributed by atoms with E-state index in [0.29, 0.717) is 17.7 Å². The van der Waals surface area contributed by atoms with Gasteiger partial charge in [-0.15, -0.1) is 0 Å². The number of anilines is 1. The zero-order valence-electron chi connectivity index (χ0n) is 15.2. The number of esters is 1. The van der Waals surface area contributed by atoms with E-state index < -0.39 is 42.0 Å². The lowest BCUT2D eigenvalue weighted by molar-refractivity contribution is -0.155. The molecule has 0 aromatic heterocycles. The van der Waals surface area contributed by atoms with Gasteiger partial charge >= 0.3 is 12.0 Å². The Balaban J connectivity index is 1.91. The lowest BCUT2D eigenvalue weighted by Gasteiger charge is -2.19. The van der Waals surface area contributed by atoms with Crippen molar-refractivity contribution >= 4 is 29.5 Å². The molecule has 1 heterocycles. The maximum absolute atomic E-state index is 12.2. The van der Waals surface area contributed by atoms with E-state index in [4.69, 9.17) is 10.00 Å². The summed E-state index contributed by atoms with van der Waals surface area (Å²) < 4.78 is 5.01. The van der Waals surface area contributed by atoms with Gasteiger partial charge in [-0.3, -0.25) is 19.3 Å². The van der Waals surface area contributed by atoms with Gasteiger partial charge in [-0.2, -0.15) is 5.26 Å². The van der Waals surface area contributed by atoms with Crippen LogP contribution in [-0.2, 0) is 19.1 Å². The third kappa shape index (κ3) is 4.41. The molecule has 1 aliphatic heterocycles. The van der Waals surface area contributed by atoms with Crippen molar-refractivity contribution in [1.29, 1.82) is 5.26 Å². The average molecular weight is 372 g/mol. The third-order valence-electron chi connectivity index (χ3n) is 4.30. The number of ether oxygens (including phenoxy) is 1. The molecule has 2 N–H and O–H groups in total. The maximum Gasteiger partial charge on any atom is 0.327 e. The number of nitrogens with zero attached hydrogens (tertiary/aromatic N) is 2. The largest absolute Gasteiger partial charge is 0.451 e. The standard InChI is InChI=1S/C18H20N4O5/c1-4-18(3)16(25)22(17(26)21-18)10-14(23)27-11(2)15(24)20-13-7-5-12(9-19)6-8-13/h5-8,11H,4,10H2,1-3H3,(H,20,24)(H,21,26)/t11-,18-/m0/s1. The van der Waals surface area contributed by atoms with Crippen LogP contribution in [0.2, 0.25) is 0 Å². The number of nitrogens with one attached hydrogen (secondary N) is 2. The fourth-order valence-corrected chi connectivity index (χ4v) is 2.42. The van der Waals surface area contributed by atoms with Crippen molar-refractivity contribution < 1.29 is 23.9 Å². The second-order valence-corrected chi connectivity index (χ2v) is 6.32.